The molecule has 2 aliphatic heterocycles. The maximum atomic E-state index is 14.7. The van der Waals surface area contributed by atoms with Gasteiger partial charge in [0.25, 0.3) is 0 Å². The summed E-state index contributed by atoms with van der Waals surface area (Å²) < 4.78 is 6.12. The average Bonchev–Trinajstić information content (AvgIpc) is 3.69. The summed E-state index contributed by atoms with van der Waals surface area (Å²) in [4.78, 5) is 71.0. The molecule has 1 unspecified atom stereocenters. The fourth-order valence-corrected chi connectivity index (χ4v) is 8.14. The Labute approximate surface area is 294 Å². The van der Waals surface area contributed by atoms with Crippen molar-refractivity contribution in [1.29, 1.82) is 0 Å². The van der Waals surface area contributed by atoms with E-state index in [4.69, 9.17) is 16.3 Å². The van der Waals surface area contributed by atoms with Crippen LogP contribution in [0.4, 0.5) is 5.69 Å². The largest absolute Gasteiger partial charge is 0.439 e. The molecule has 270 valence electrons. The van der Waals surface area contributed by atoms with Crippen molar-refractivity contribution >= 4 is 47.3 Å². The number of nitrogens with zero attached hydrogens (tertiary/aromatic N) is 2. The van der Waals surface area contributed by atoms with E-state index in [1.165, 1.54) is 11.3 Å². The van der Waals surface area contributed by atoms with Gasteiger partial charge < -0.3 is 29.8 Å². The number of nitrogens with one attached hydrogen (secondary N) is 2. The number of benzene rings is 1. The van der Waals surface area contributed by atoms with Gasteiger partial charge in [-0.15, -0.1) is 0 Å². The number of halogens is 1. The Morgan fingerprint density at radius 3 is 2.45 bits per heavy atom. The average molecular weight is 701 g/mol. The van der Waals surface area contributed by atoms with Gasteiger partial charge in [-0.1, -0.05) is 71.0 Å². The van der Waals surface area contributed by atoms with Crippen LogP contribution in [-0.4, -0.2) is 83.0 Å². The number of esters is 1. The molecule has 12 heteroatoms. The Hall–Kier alpha value is -3.02. The lowest BCUT2D eigenvalue weighted by Gasteiger charge is -2.39. The summed E-state index contributed by atoms with van der Waals surface area (Å²) in [5, 5.41) is 17.6. The minimum absolute atomic E-state index is 0.00930. The monoisotopic (exact) mass is 700 g/mol. The molecule has 0 bridgehead atoms. The van der Waals surface area contributed by atoms with Gasteiger partial charge in [0.05, 0.1) is 0 Å². The van der Waals surface area contributed by atoms with Gasteiger partial charge in [-0.3, -0.25) is 19.7 Å². The molecule has 4 aliphatic rings. The number of carbonyl (C=O) groups excluding carboxylic acids is 5. The molecule has 5 atom stereocenters. The van der Waals surface area contributed by atoms with E-state index in [0.717, 1.165) is 38.5 Å². The van der Waals surface area contributed by atoms with E-state index in [0.29, 0.717) is 29.8 Å². The van der Waals surface area contributed by atoms with Gasteiger partial charge in [0, 0.05) is 54.5 Å². The highest BCUT2D eigenvalue weighted by atomic mass is 35.5. The van der Waals surface area contributed by atoms with E-state index in [-0.39, 0.29) is 56.1 Å². The van der Waals surface area contributed by atoms with Crippen LogP contribution in [0.25, 0.3) is 0 Å². The minimum atomic E-state index is -1.66. The number of aliphatic hydroxyl groups is 1. The second-order valence-corrected chi connectivity index (χ2v) is 16.4. The number of likely N-dealkylation sites (tertiary alicyclic amines) is 1. The first kappa shape index (κ1) is 37.2. The van der Waals surface area contributed by atoms with Gasteiger partial charge in [0.2, 0.25) is 17.7 Å². The molecule has 1 aromatic carbocycles. The molecular weight excluding hydrogens is 648 g/mol. The summed E-state index contributed by atoms with van der Waals surface area (Å²) in [6, 6.07) is 4.94. The molecule has 3 N–H and O–H groups in total. The molecule has 3 amide bonds. The number of hydrogen-bond donors (Lipinski definition) is 3. The minimum Gasteiger partial charge on any atom is -0.439 e. The van der Waals surface area contributed by atoms with Crippen LogP contribution < -0.4 is 15.5 Å². The van der Waals surface area contributed by atoms with Crippen LogP contribution in [0.5, 0.6) is 0 Å². The lowest BCUT2D eigenvalue weighted by Crippen LogP contribution is -2.61. The summed E-state index contributed by atoms with van der Waals surface area (Å²) in [5.41, 5.74) is -2.51. The van der Waals surface area contributed by atoms with Crippen molar-refractivity contribution in [2.24, 2.45) is 16.7 Å². The highest BCUT2D eigenvalue weighted by molar-refractivity contribution is 6.31. The summed E-state index contributed by atoms with van der Waals surface area (Å²) >= 11 is 6.26. The Bertz CT molecular complexity index is 1410. The molecular formula is C37H53ClN4O7. The van der Waals surface area contributed by atoms with Crippen LogP contribution in [0.3, 0.4) is 0 Å². The molecule has 11 nitrogen and oxygen atoms in total. The smallest absolute Gasteiger partial charge is 0.330 e. The molecule has 1 spiro atoms. The van der Waals surface area contributed by atoms with Crippen LogP contribution in [0, 0.1) is 16.7 Å². The topological polar surface area (TPSA) is 145 Å². The highest BCUT2D eigenvalue weighted by Crippen LogP contribution is 2.46. The van der Waals surface area contributed by atoms with E-state index in [1.807, 2.05) is 27.7 Å². The van der Waals surface area contributed by atoms with Crippen molar-refractivity contribution in [2.45, 2.75) is 135 Å². The Kier molecular flexibility index (Phi) is 11.5. The number of aliphatic hydroxyl groups excluding tert-OH is 1. The zero-order valence-corrected chi connectivity index (χ0v) is 30.1. The molecule has 0 radical (unpaired) electrons. The predicted molar refractivity (Wildman–Crippen MR) is 186 cm³/mol. The molecule has 2 saturated heterocycles. The molecule has 2 heterocycles. The van der Waals surface area contributed by atoms with Crippen molar-refractivity contribution < 1.29 is 33.8 Å². The van der Waals surface area contributed by atoms with Crippen LogP contribution in [0.15, 0.2) is 24.3 Å². The summed E-state index contributed by atoms with van der Waals surface area (Å²) in [5.74, 6) is -1.25. The first-order valence-electron chi connectivity index (χ1n) is 18.0. The molecule has 4 fully saturated rings. The van der Waals surface area contributed by atoms with Gasteiger partial charge in [0.1, 0.15) is 12.1 Å². The number of anilines is 1. The summed E-state index contributed by atoms with van der Waals surface area (Å²) in [6.07, 6.45) is 7.00. The Morgan fingerprint density at radius 2 is 1.84 bits per heavy atom. The van der Waals surface area contributed by atoms with Crippen molar-refractivity contribution in [3.05, 3.63) is 29.3 Å². The zero-order valence-electron chi connectivity index (χ0n) is 29.3. The number of rotatable bonds is 13. The normalized spacial score (nSPS) is 25.6. The SMILES string of the molecule is CCC[C@](NC1CC1)(OC(=O)[C@@H]1C[C@]2(CC(=O)N(c3cccc(Cl)c3)C2)CN1C(=O)[C@@H](NC(=O)CC1CCCCC1)C(C)(C)C)C(O)C=O. The van der Waals surface area contributed by atoms with Crippen molar-refractivity contribution in [1.82, 2.24) is 15.5 Å². The van der Waals surface area contributed by atoms with Crippen LogP contribution in [-0.2, 0) is 28.7 Å². The third-order valence-electron chi connectivity index (χ3n) is 10.7. The van der Waals surface area contributed by atoms with Crippen LogP contribution >= 0.6 is 11.6 Å². The number of carbonyl (C=O) groups is 5. The van der Waals surface area contributed by atoms with Crippen molar-refractivity contribution in [3.8, 4) is 0 Å². The molecule has 1 aromatic rings. The lowest BCUT2D eigenvalue weighted by molar-refractivity contribution is -0.188. The predicted octanol–water partition coefficient (Wildman–Crippen LogP) is 4.52. The second kappa shape index (κ2) is 15.1. The molecule has 0 aromatic heterocycles. The first-order chi connectivity index (χ1) is 23.2. The zero-order chi connectivity index (χ0) is 35.6. The third-order valence-corrected chi connectivity index (χ3v) is 10.9. The van der Waals surface area contributed by atoms with E-state index in [9.17, 15) is 29.1 Å². The van der Waals surface area contributed by atoms with E-state index in [2.05, 4.69) is 10.6 Å². The van der Waals surface area contributed by atoms with Gasteiger partial charge in [-0.25, -0.2) is 4.79 Å². The molecule has 2 saturated carbocycles. The van der Waals surface area contributed by atoms with Crippen molar-refractivity contribution in [2.75, 3.05) is 18.0 Å². The van der Waals surface area contributed by atoms with Gasteiger partial charge in [0.15, 0.2) is 18.1 Å². The first-order valence-corrected chi connectivity index (χ1v) is 18.4. The standard InChI is InChI=1S/C37H53ClN4O7/c1-5-16-37(29(44)21-43,40-26-14-15-26)49-34(48)28-19-36(20-31(46)41(22-36)27-13-9-12-25(38)18-27)23-42(28)33(47)32(35(2,3)4)39-30(45)17-24-10-7-6-8-11-24/h9,12-13,18,21,24,26,28-29,32,40,44H,5-8,10-11,14-17,19-20,22-23H2,1-4H3,(H,39,45)/t28-,29?,32+,36+,37-/m0/s1. The van der Waals surface area contributed by atoms with E-state index >= 15 is 0 Å². The summed E-state index contributed by atoms with van der Waals surface area (Å²) in [7, 11) is 0. The molecule has 49 heavy (non-hydrogen) atoms. The van der Waals surface area contributed by atoms with Gasteiger partial charge >= 0.3 is 5.97 Å². The van der Waals surface area contributed by atoms with Crippen LogP contribution in [0.2, 0.25) is 5.02 Å². The fourth-order valence-electron chi connectivity index (χ4n) is 7.95. The fraction of sp³-hybridized carbons (Fsp3) is 0.703. The lowest BCUT2D eigenvalue weighted by atomic mass is 9.84. The van der Waals surface area contributed by atoms with E-state index < -0.39 is 46.6 Å². The molecule has 5 rings (SSSR count). The number of aldehydes is 1. The van der Waals surface area contributed by atoms with E-state index in [1.54, 1.807) is 29.2 Å². The Balaban J connectivity index is 1.45. The van der Waals surface area contributed by atoms with Gasteiger partial charge in [-0.2, -0.15) is 0 Å². The number of amides is 3. The summed E-state index contributed by atoms with van der Waals surface area (Å²) in [6.45, 7) is 7.84. The van der Waals surface area contributed by atoms with Gasteiger partial charge in [-0.05, 0) is 61.6 Å². The highest BCUT2D eigenvalue weighted by Gasteiger charge is 2.57. The second-order valence-electron chi connectivity index (χ2n) is 16.0. The maximum Gasteiger partial charge on any atom is 0.330 e. The quantitative estimate of drug-likeness (QED) is 0.155. The van der Waals surface area contributed by atoms with Crippen LogP contribution in [0.1, 0.15) is 105 Å². The molecule has 2 aliphatic carbocycles. The number of hydrogen-bond acceptors (Lipinski definition) is 8. The third kappa shape index (κ3) is 8.66. The Morgan fingerprint density at radius 1 is 1.12 bits per heavy atom. The number of ether oxygens (including phenoxy) is 1. The maximum absolute atomic E-state index is 14.7. The van der Waals surface area contributed by atoms with Crippen molar-refractivity contribution in [3.63, 3.8) is 0 Å².